The lowest BCUT2D eigenvalue weighted by Gasteiger charge is -2.45. The van der Waals surface area contributed by atoms with Gasteiger partial charge in [0.2, 0.25) is 6.29 Å². The fourth-order valence-corrected chi connectivity index (χ4v) is 5.98. The molecule has 12 atom stereocenters. The first kappa shape index (κ1) is 38.1. The van der Waals surface area contributed by atoms with Crippen molar-refractivity contribution in [3.63, 3.8) is 0 Å². The Morgan fingerprint density at radius 3 is 2.25 bits per heavy atom. The maximum Gasteiger partial charge on any atom is 0.308 e. The van der Waals surface area contributed by atoms with Gasteiger partial charge in [0.15, 0.2) is 18.2 Å². The van der Waals surface area contributed by atoms with E-state index >= 15 is 0 Å². The molecule has 2 aromatic rings. The SMILES string of the molecule is C[C@H]1O[C@H](O[C@H]2[C@H](Oc3cc(O)c4c(c3)O[C@H](c3ccc(O)cc3)CC4=O)O[C@H](COC(=O)CC(C)(O)CC(=O)O)[C@@H](O)[C@@H]2O)[C@@H](O)[C@@H](O)[C@@H]1O. The predicted octanol–water partition coefficient (Wildman–Crippen LogP) is -0.998. The molecular formula is C33H40O18. The summed E-state index contributed by atoms with van der Waals surface area (Å²) in [6.07, 6.45) is -19.1. The number of aromatic hydroxyl groups is 2. The van der Waals surface area contributed by atoms with Gasteiger partial charge in [-0.15, -0.1) is 0 Å². The number of Topliss-reactive ketones (excluding diaryl/α,β-unsaturated/α-hetero) is 1. The molecule has 0 aliphatic carbocycles. The van der Waals surface area contributed by atoms with Crippen molar-refractivity contribution in [2.45, 2.75) is 106 Å². The molecule has 18 heteroatoms. The van der Waals surface area contributed by atoms with E-state index in [0.717, 1.165) is 13.0 Å². The number of rotatable bonds is 11. The van der Waals surface area contributed by atoms with Gasteiger partial charge in [-0.3, -0.25) is 14.4 Å². The number of fused-ring (bicyclic) bond motifs is 1. The number of carboxylic acids is 1. The average molecular weight is 725 g/mol. The zero-order valence-electron chi connectivity index (χ0n) is 27.3. The highest BCUT2D eigenvalue weighted by Gasteiger charge is 2.51. The van der Waals surface area contributed by atoms with Crippen LogP contribution in [0.25, 0.3) is 0 Å². The third-order valence-electron chi connectivity index (χ3n) is 8.70. The van der Waals surface area contributed by atoms with Gasteiger partial charge in [0.25, 0.3) is 0 Å². The number of ether oxygens (including phenoxy) is 6. The number of aliphatic carboxylic acids is 1. The van der Waals surface area contributed by atoms with E-state index in [9.17, 15) is 55.2 Å². The molecule has 0 saturated carbocycles. The lowest BCUT2D eigenvalue weighted by molar-refractivity contribution is -0.354. The van der Waals surface area contributed by atoms with Crippen LogP contribution >= 0.6 is 0 Å². The van der Waals surface area contributed by atoms with Crippen molar-refractivity contribution in [3.05, 3.63) is 47.5 Å². The summed E-state index contributed by atoms with van der Waals surface area (Å²) in [4.78, 5) is 36.5. The second kappa shape index (κ2) is 15.2. The van der Waals surface area contributed by atoms with Gasteiger partial charge in [-0.1, -0.05) is 12.1 Å². The van der Waals surface area contributed by atoms with E-state index in [4.69, 9.17) is 33.5 Å². The van der Waals surface area contributed by atoms with Crippen molar-refractivity contribution in [1.29, 1.82) is 0 Å². The van der Waals surface area contributed by atoms with Crippen LogP contribution in [0.2, 0.25) is 0 Å². The number of ketones is 1. The summed E-state index contributed by atoms with van der Waals surface area (Å²) in [7, 11) is 0. The Morgan fingerprint density at radius 2 is 1.59 bits per heavy atom. The molecule has 5 rings (SSSR count). The Morgan fingerprint density at radius 1 is 0.902 bits per heavy atom. The smallest absolute Gasteiger partial charge is 0.308 e. The van der Waals surface area contributed by atoms with Crippen LogP contribution in [0.3, 0.4) is 0 Å². The molecule has 0 amide bonds. The summed E-state index contributed by atoms with van der Waals surface area (Å²) in [5.41, 5.74) is -1.56. The van der Waals surface area contributed by atoms with Crippen LogP contribution in [0.1, 0.15) is 55.1 Å². The summed E-state index contributed by atoms with van der Waals surface area (Å²) in [5, 5.41) is 92.7. The minimum absolute atomic E-state index is 0.00408. The second-order valence-corrected chi connectivity index (χ2v) is 13.0. The third-order valence-corrected chi connectivity index (χ3v) is 8.70. The highest BCUT2D eigenvalue weighted by atomic mass is 16.8. The van der Waals surface area contributed by atoms with Gasteiger partial charge < -0.3 is 74.4 Å². The number of esters is 1. The third kappa shape index (κ3) is 8.68. The number of phenolic OH excluding ortho intramolecular Hbond substituents is 2. The summed E-state index contributed by atoms with van der Waals surface area (Å²) in [6, 6.07) is 8.23. The van der Waals surface area contributed by atoms with E-state index in [1.807, 2.05) is 0 Å². The van der Waals surface area contributed by atoms with Crippen LogP contribution in [-0.2, 0) is 28.5 Å². The van der Waals surface area contributed by atoms with Crippen molar-refractivity contribution in [2.24, 2.45) is 0 Å². The molecule has 18 nitrogen and oxygen atoms in total. The van der Waals surface area contributed by atoms with Gasteiger partial charge in [-0.25, -0.2) is 0 Å². The Kier molecular flexibility index (Phi) is 11.4. The lowest BCUT2D eigenvalue weighted by Crippen LogP contribution is -2.64. The maximum absolute atomic E-state index is 13.0. The molecule has 9 N–H and O–H groups in total. The molecule has 280 valence electrons. The molecule has 3 aliphatic rings. The summed E-state index contributed by atoms with van der Waals surface area (Å²) >= 11 is 0. The molecule has 2 saturated heterocycles. The highest BCUT2D eigenvalue weighted by molar-refractivity contribution is 6.02. The highest BCUT2D eigenvalue weighted by Crippen LogP contribution is 2.43. The molecule has 3 heterocycles. The van der Waals surface area contributed by atoms with E-state index in [1.165, 1.54) is 25.1 Å². The van der Waals surface area contributed by atoms with Gasteiger partial charge in [0.05, 0.1) is 31.0 Å². The number of hydrogen-bond donors (Lipinski definition) is 9. The van der Waals surface area contributed by atoms with Crippen LogP contribution in [0, 0.1) is 0 Å². The zero-order valence-corrected chi connectivity index (χ0v) is 27.3. The van der Waals surface area contributed by atoms with E-state index in [0.29, 0.717) is 5.56 Å². The molecule has 0 aromatic heterocycles. The summed E-state index contributed by atoms with van der Waals surface area (Å²) in [5.74, 6) is -3.74. The first-order valence-corrected chi connectivity index (χ1v) is 15.9. The molecule has 3 aliphatic heterocycles. The Bertz CT molecular complexity index is 1580. The molecule has 2 fully saturated rings. The monoisotopic (exact) mass is 724 g/mol. The van der Waals surface area contributed by atoms with E-state index in [1.54, 1.807) is 12.1 Å². The number of phenols is 2. The van der Waals surface area contributed by atoms with E-state index < -0.39 is 116 Å². The summed E-state index contributed by atoms with van der Waals surface area (Å²) in [6.45, 7) is 1.76. The van der Waals surface area contributed by atoms with Gasteiger partial charge in [0, 0.05) is 12.1 Å². The number of carbonyl (C=O) groups excluding carboxylic acids is 2. The minimum Gasteiger partial charge on any atom is -0.508 e. The minimum atomic E-state index is -1.96. The van der Waals surface area contributed by atoms with Crippen molar-refractivity contribution in [2.75, 3.05) is 6.61 Å². The summed E-state index contributed by atoms with van der Waals surface area (Å²) < 4.78 is 34.1. The van der Waals surface area contributed by atoms with Crippen LogP contribution in [0.4, 0.5) is 0 Å². The number of hydrogen-bond acceptors (Lipinski definition) is 17. The average Bonchev–Trinajstić information content (AvgIpc) is 3.04. The normalized spacial score (nSPS) is 33.3. The first-order valence-electron chi connectivity index (χ1n) is 15.9. The predicted molar refractivity (Wildman–Crippen MR) is 166 cm³/mol. The molecule has 51 heavy (non-hydrogen) atoms. The number of carbonyl (C=O) groups is 3. The maximum atomic E-state index is 13.0. The number of carboxylic acid groups (broad SMARTS) is 1. The van der Waals surface area contributed by atoms with Crippen molar-refractivity contribution >= 4 is 17.7 Å². The molecule has 0 bridgehead atoms. The van der Waals surface area contributed by atoms with Gasteiger partial charge in [0.1, 0.15) is 77.9 Å². The lowest BCUT2D eigenvalue weighted by atomic mass is 9.95. The van der Waals surface area contributed by atoms with Crippen LogP contribution in [0.15, 0.2) is 36.4 Å². The second-order valence-electron chi connectivity index (χ2n) is 13.0. The van der Waals surface area contributed by atoms with E-state index in [2.05, 4.69) is 0 Å². The Balaban J connectivity index is 1.39. The van der Waals surface area contributed by atoms with Crippen molar-refractivity contribution in [1.82, 2.24) is 0 Å². The molecule has 1 unspecified atom stereocenters. The fourth-order valence-electron chi connectivity index (χ4n) is 5.98. The topological polar surface area (TPSA) is 289 Å². The Hall–Kier alpha value is -4.11. The van der Waals surface area contributed by atoms with Crippen LogP contribution < -0.4 is 9.47 Å². The largest absolute Gasteiger partial charge is 0.508 e. The Labute approximate surface area is 289 Å². The molecular weight excluding hydrogens is 684 g/mol. The van der Waals surface area contributed by atoms with Crippen molar-refractivity contribution in [3.8, 4) is 23.0 Å². The number of aliphatic hydroxyl groups is 6. The number of aliphatic hydroxyl groups excluding tert-OH is 5. The van der Waals surface area contributed by atoms with E-state index in [-0.39, 0.29) is 29.2 Å². The molecule has 2 aromatic carbocycles. The standard InChI is InChI=1S/C33H40O18/c1-13-25(40)27(42)29(44)31(47-13)51-30-28(43)26(41)21(12-46-23(39)11-33(2,45)10-22(37)38)50-32(30)48-16-7-17(35)24-18(36)9-19(49-20(24)8-16)14-3-5-15(34)6-4-14/h3-8,13,19,21,25-32,34-35,40-45H,9-12H2,1-2H3,(H,37,38)/t13-,19+,21-,25-,26-,27+,28+,29+,30-,31-,32-,33?/m1/s1. The molecule has 0 spiro atoms. The van der Waals surface area contributed by atoms with Crippen molar-refractivity contribution < 1.29 is 88.8 Å². The quantitative estimate of drug-likeness (QED) is 0.126. The first-order chi connectivity index (χ1) is 23.9. The van der Waals surface area contributed by atoms with Crippen LogP contribution in [-0.4, -0.2) is 137 Å². The van der Waals surface area contributed by atoms with Gasteiger partial charge in [-0.05, 0) is 31.5 Å². The van der Waals surface area contributed by atoms with Gasteiger partial charge in [-0.2, -0.15) is 0 Å². The molecule has 0 radical (unpaired) electrons. The number of benzene rings is 2. The fraction of sp³-hybridized carbons (Fsp3) is 0.545. The van der Waals surface area contributed by atoms with Crippen LogP contribution in [0.5, 0.6) is 23.0 Å². The zero-order chi connectivity index (χ0) is 37.4. The van der Waals surface area contributed by atoms with Gasteiger partial charge >= 0.3 is 11.9 Å².